The third-order valence-corrected chi connectivity index (χ3v) is 5.32. The molecular weight excluding hydrogens is 350 g/mol. The highest BCUT2D eigenvalue weighted by Gasteiger charge is 2.43. The summed E-state index contributed by atoms with van der Waals surface area (Å²) in [5.74, 6) is -0.0613. The molecule has 140 valence electrons. The van der Waals surface area contributed by atoms with E-state index < -0.39 is 0 Å². The zero-order valence-corrected chi connectivity index (χ0v) is 15.5. The van der Waals surface area contributed by atoms with Gasteiger partial charge in [0.25, 0.3) is 5.91 Å². The van der Waals surface area contributed by atoms with E-state index in [1.165, 1.54) is 5.57 Å². The second kappa shape index (κ2) is 8.11. The summed E-state index contributed by atoms with van der Waals surface area (Å²) in [5, 5.41) is 9.90. The molecule has 2 atom stereocenters. The fraction of sp³-hybridized carbons (Fsp3) is 0.273. The van der Waals surface area contributed by atoms with Gasteiger partial charge in [-0.2, -0.15) is 5.10 Å². The first-order chi connectivity index (χ1) is 13.8. The highest BCUT2D eigenvalue weighted by atomic mass is 16.2. The first-order valence-corrected chi connectivity index (χ1v) is 9.52. The van der Waals surface area contributed by atoms with E-state index in [0.717, 1.165) is 36.1 Å². The molecule has 0 radical (unpaired) electrons. The second-order valence-electron chi connectivity index (χ2n) is 7.06. The quantitative estimate of drug-likeness (QED) is 0.628. The molecule has 0 spiro atoms. The average molecular weight is 372 g/mol. The van der Waals surface area contributed by atoms with Crippen molar-refractivity contribution < 1.29 is 4.79 Å². The van der Waals surface area contributed by atoms with Crippen LogP contribution >= 0.6 is 0 Å². The second-order valence-corrected chi connectivity index (χ2v) is 7.06. The van der Waals surface area contributed by atoms with Gasteiger partial charge in [-0.25, -0.2) is 5.01 Å². The van der Waals surface area contributed by atoms with Crippen LogP contribution < -0.4 is 4.91 Å². The van der Waals surface area contributed by atoms with Gasteiger partial charge >= 0.3 is 0 Å². The largest absolute Gasteiger partial charge is 0.272 e. The lowest BCUT2D eigenvalue weighted by atomic mass is 9.77. The van der Waals surface area contributed by atoms with E-state index in [0.29, 0.717) is 0 Å². The van der Waals surface area contributed by atoms with Crippen LogP contribution in [0, 0.1) is 11.4 Å². The summed E-state index contributed by atoms with van der Waals surface area (Å²) in [4.78, 5) is 15.7. The summed E-state index contributed by atoms with van der Waals surface area (Å²) in [6.07, 6.45) is 5.21. The van der Waals surface area contributed by atoms with Crippen molar-refractivity contribution in [3.63, 3.8) is 0 Å². The van der Waals surface area contributed by atoms with Crippen LogP contribution in [0.5, 0.6) is 0 Å². The molecule has 1 aliphatic heterocycles. The van der Waals surface area contributed by atoms with Crippen LogP contribution in [-0.2, 0) is 4.79 Å². The maximum atomic E-state index is 12.8. The van der Waals surface area contributed by atoms with E-state index in [2.05, 4.69) is 28.2 Å². The summed E-state index contributed by atoms with van der Waals surface area (Å²) in [7, 11) is 0. The molecule has 0 aromatic heterocycles. The molecule has 6 heteroatoms. The molecule has 1 amide bonds. The number of carbonyl (C=O) groups excluding carboxylic acids is 1. The number of nitrogens with zero attached hydrogens (tertiary/aromatic N) is 4. The van der Waals surface area contributed by atoms with Gasteiger partial charge in [-0.05, 0) is 42.0 Å². The first-order valence-electron chi connectivity index (χ1n) is 9.52. The van der Waals surface area contributed by atoms with Crippen molar-refractivity contribution in [2.45, 2.75) is 25.3 Å². The van der Waals surface area contributed by atoms with Crippen LogP contribution in [0.2, 0.25) is 0 Å². The van der Waals surface area contributed by atoms with Gasteiger partial charge in [0.2, 0.25) is 11.5 Å². The Hall–Kier alpha value is -3.37. The molecule has 1 N–H and O–H groups in total. The van der Waals surface area contributed by atoms with Gasteiger partial charge < -0.3 is 0 Å². The van der Waals surface area contributed by atoms with E-state index in [1.54, 1.807) is 5.01 Å². The van der Waals surface area contributed by atoms with Crippen LogP contribution in [0.3, 0.4) is 0 Å². The van der Waals surface area contributed by atoms with E-state index >= 15 is 0 Å². The Morgan fingerprint density at radius 1 is 1.18 bits per heavy atom. The molecule has 28 heavy (non-hydrogen) atoms. The SMILES string of the molecule is N=[N+]=NCC(=O)N1N=C2/C(=C\c3ccccc3)CCC[C@@H]2[C@@H]1c1ccccc1. The number of nitrogens with one attached hydrogen (secondary N) is 1. The lowest BCUT2D eigenvalue weighted by Gasteiger charge is -2.29. The molecule has 6 nitrogen and oxygen atoms in total. The predicted octanol–water partition coefficient (Wildman–Crippen LogP) is 4.36. The summed E-state index contributed by atoms with van der Waals surface area (Å²) < 4.78 is 0. The summed E-state index contributed by atoms with van der Waals surface area (Å²) in [5.41, 5.74) is 11.3. The molecule has 1 heterocycles. The summed E-state index contributed by atoms with van der Waals surface area (Å²) in [6.45, 7) is -0.159. The topological polar surface area (TPSA) is 83.0 Å². The molecule has 2 aromatic rings. The van der Waals surface area contributed by atoms with E-state index in [-0.39, 0.29) is 24.4 Å². The van der Waals surface area contributed by atoms with Gasteiger partial charge in [0.1, 0.15) is 10.6 Å². The van der Waals surface area contributed by atoms with Crippen molar-refractivity contribution in [2.75, 3.05) is 6.54 Å². The molecule has 0 unspecified atom stereocenters. The fourth-order valence-corrected chi connectivity index (χ4v) is 4.11. The standard InChI is InChI=1S/C22H22N5O/c23-26-24-15-20(28)27-22(17-10-5-2-6-11-17)19-13-7-12-18(21(19)25-27)14-16-8-3-1-4-9-16/h1-6,8-11,14,19,22-23H,7,12-13,15H2/q+1/b18-14-/t19-,22-/m0/s1. The maximum Gasteiger partial charge on any atom is 0.272 e. The van der Waals surface area contributed by atoms with Crippen LogP contribution in [-0.4, -0.2) is 23.2 Å². The Morgan fingerprint density at radius 2 is 1.89 bits per heavy atom. The molecule has 0 saturated heterocycles. The molecule has 0 bridgehead atoms. The number of benzene rings is 2. The zero-order chi connectivity index (χ0) is 19.3. The number of hydrogen-bond acceptors (Lipinski definition) is 4. The van der Waals surface area contributed by atoms with Gasteiger partial charge in [-0.3, -0.25) is 4.79 Å². The van der Waals surface area contributed by atoms with Crippen molar-refractivity contribution in [3.05, 3.63) is 77.4 Å². The average Bonchev–Trinajstić information content (AvgIpc) is 3.14. The Morgan fingerprint density at radius 3 is 2.61 bits per heavy atom. The molecule has 1 fully saturated rings. The number of amides is 1. The minimum Gasteiger partial charge on any atom is -0.270 e. The van der Waals surface area contributed by atoms with Gasteiger partial charge in [-0.1, -0.05) is 60.7 Å². The predicted molar refractivity (Wildman–Crippen MR) is 107 cm³/mol. The van der Waals surface area contributed by atoms with Gasteiger partial charge in [0.15, 0.2) is 0 Å². The Labute approximate surface area is 163 Å². The lowest BCUT2D eigenvalue weighted by Crippen LogP contribution is -2.33. The third-order valence-electron chi connectivity index (χ3n) is 5.32. The number of carbonyl (C=O) groups is 1. The highest BCUT2D eigenvalue weighted by Crippen LogP contribution is 2.44. The maximum absolute atomic E-state index is 12.8. The molecular formula is C22H22N5O+. The minimum absolute atomic E-state index is 0.135. The molecule has 1 aliphatic carbocycles. The normalized spacial score (nSPS) is 22.4. The smallest absolute Gasteiger partial charge is 0.270 e. The van der Waals surface area contributed by atoms with Gasteiger partial charge in [0, 0.05) is 5.92 Å². The fourth-order valence-electron chi connectivity index (χ4n) is 4.11. The Kier molecular flexibility index (Phi) is 5.22. The van der Waals surface area contributed by atoms with E-state index in [1.807, 2.05) is 48.5 Å². The van der Waals surface area contributed by atoms with Gasteiger partial charge in [0.05, 0.1) is 11.8 Å². The number of fused-ring (bicyclic) bond motifs is 1. The number of hydrazone groups is 1. The van der Waals surface area contributed by atoms with Crippen LogP contribution in [0.4, 0.5) is 0 Å². The first kappa shape index (κ1) is 18.0. The molecule has 4 rings (SSSR count). The summed E-state index contributed by atoms with van der Waals surface area (Å²) in [6, 6.07) is 20.1. The third kappa shape index (κ3) is 3.55. The highest BCUT2D eigenvalue weighted by molar-refractivity contribution is 6.08. The molecule has 1 saturated carbocycles. The molecule has 2 aliphatic rings. The van der Waals surface area contributed by atoms with Crippen molar-refractivity contribution in [1.29, 1.82) is 5.53 Å². The van der Waals surface area contributed by atoms with Crippen LogP contribution in [0.25, 0.3) is 6.08 Å². The van der Waals surface area contributed by atoms with Crippen molar-refractivity contribution in [1.82, 2.24) is 9.92 Å². The number of rotatable bonds is 4. The zero-order valence-electron chi connectivity index (χ0n) is 15.5. The monoisotopic (exact) mass is 372 g/mol. The minimum atomic E-state index is -0.231. The number of allylic oxidation sites excluding steroid dienone is 1. The Balaban J connectivity index is 1.74. The van der Waals surface area contributed by atoms with Crippen LogP contribution in [0.15, 0.2) is 76.5 Å². The number of hydrogen-bond donors (Lipinski definition) is 1. The van der Waals surface area contributed by atoms with Crippen molar-refractivity contribution in [3.8, 4) is 0 Å². The Bertz CT molecular complexity index is 961. The van der Waals surface area contributed by atoms with Crippen molar-refractivity contribution in [2.24, 2.45) is 16.1 Å². The lowest BCUT2D eigenvalue weighted by molar-refractivity contribution is -0.132. The van der Waals surface area contributed by atoms with E-state index in [4.69, 9.17) is 10.6 Å². The van der Waals surface area contributed by atoms with Crippen molar-refractivity contribution >= 4 is 17.7 Å². The molecule has 2 aromatic carbocycles. The van der Waals surface area contributed by atoms with E-state index in [9.17, 15) is 4.79 Å². The van der Waals surface area contributed by atoms with Crippen LogP contribution in [0.1, 0.15) is 36.4 Å². The summed E-state index contributed by atoms with van der Waals surface area (Å²) >= 11 is 0. The van der Waals surface area contributed by atoms with Gasteiger partial charge in [-0.15, -0.1) is 0 Å².